The van der Waals surface area contributed by atoms with Crippen LogP contribution in [0.1, 0.15) is 39.5 Å². The molecule has 2 amide bonds. The summed E-state index contributed by atoms with van der Waals surface area (Å²) in [5, 5.41) is 9.46. The van der Waals surface area contributed by atoms with Crippen molar-refractivity contribution in [2.75, 3.05) is 25.6 Å². The van der Waals surface area contributed by atoms with E-state index in [2.05, 4.69) is 0 Å². The fourth-order valence-corrected chi connectivity index (χ4v) is 3.09. The average Bonchev–Trinajstić information content (AvgIpc) is 2.43. The van der Waals surface area contributed by atoms with E-state index in [4.69, 9.17) is 0 Å². The third-order valence-electron chi connectivity index (χ3n) is 4.29. The molecule has 0 spiro atoms. The molecule has 1 aliphatic heterocycles. The molecule has 1 rings (SSSR count). The Morgan fingerprint density at radius 2 is 2.10 bits per heavy atom. The number of urea groups is 1. The molecule has 1 fully saturated rings. The lowest BCUT2D eigenvalue weighted by molar-refractivity contribution is -0.150. The van der Waals surface area contributed by atoms with Gasteiger partial charge in [-0.3, -0.25) is 0 Å². The molecule has 2 atom stereocenters. The summed E-state index contributed by atoms with van der Waals surface area (Å²) in [6, 6.07) is -0.0434. The SMILES string of the molecule is CSCCC(C)N(C)C(=O)N1CCCCC1(C)C(=O)O. The molecular weight excluding hydrogens is 276 g/mol. The van der Waals surface area contributed by atoms with Gasteiger partial charge in [-0.05, 0) is 51.5 Å². The van der Waals surface area contributed by atoms with Crippen molar-refractivity contribution in [2.24, 2.45) is 0 Å². The summed E-state index contributed by atoms with van der Waals surface area (Å²) in [6.07, 6.45) is 5.22. The third kappa shape index (κ3) is 3.59. The van der Waals surface area contributed by atoms with Gasteiger partial charge in [-0.25, -0.2) is 9.59 Å². The Morgan fingerprint density at radius 3 is 2.65 bits per heavy atom. The Hall–Kier alpha value is -0.910. The number of carbonyl (C=O) groups is 2. The predicted molar refractivity (Wildman–Crippen MR) is 82.2 cm³/mol. The lowest BCUT2D eigenvalue weighted by Gasteiger charge is -2.44. The Kier molecular flexibility index (Phi) is 6.17. The highest BCUT2D eigenvalue weighted by Gasteiger charge is 2.45. The molecule has 0 saturated carbocycles. The van der Waals surface area contributed by atoms with Gasteiger partial charge in [-0.2, -0.15) is 11.8 Å². The van der Waals surface area contributed by atoms with E-state index in [-0.39, 0.29) is 12.1 Å². The number of likely N-dealkylation sites (tertiary alicyclic amines) is 1. The molecule has 20 heavy (non-hydrogen) atoms. The van der Waals surface area contributed by atoms with Crippen LogP contribution in [0.2, 0.25) is 0 Å². The first-order chi connectivity index (χ1) is 9.34. The molecule has 1 heterocycles. The average molecular weight is 302 g/mol. The lowest BCUT2D eigenvalue weighted by atomic mass is 9.89. The fourth-order valence-electron chi connectivity index (χ4n) is 2.51. The molecule has 1 saturated heterocycles. The van der Waals surface area contributed by atoms with E-state index in [0.717, 1.165) is 25.0 Å². The van der Waals surface area contributed by atoms with Gasteiger partial charge in [0.25, 0.3) is 0 Å². The van der Waals surface area contributed by atoms with Gasteiger partial charge in [0.2, 0.25) is 0 Å². The molecule has 0 aromatic carbocycles. The standard InChI is InChI=1S/C14H26N2O3S/c1-11(7-10-20-4)15(3)13(19)16-9-6-5-8-14(16,2)12(17)18/h11H,5-10H2,1-4H3,(H,17,18). The van der Waals surface area contributed by atoms with Crippen LogP contribution in [-0.2, 0) is 4.79 Å². The number of carboxylic acids is 1. The van der Waals surface area contributed by atoms with Crippen molar-refractivity contribution in [3.63, 3.8) is 0 Å². The van der Waals surface area contributed by atoms with E-state index in [9.17, 15) is 14.7 Å². The van der Waals surface area contributed by atoms with E-state index in [1.54, 1.807) is 30.6 Å². The van der Waals surface area contributed by atoms with Gasteiger partial charge in [0.05, 0.1) is 0 Å². The molecule has 0 aromatic heterocycles. The smallest absolute Gasteiger partial charge is 0.329 e. The maximum atomic E-state index is 12.6. The van der Waals surface area contributed by atoms with Crippen LogP contribution in [0.4, 0.5) is 4.79 Å². The minimum Gasteiger partial charge on any atom is -0.480 e. The Morgan fingerprint density at radius 1 is 1.45 bits per heavy atom. The number of carbonyl (C=O) groups excluding carboxylic acids is 1. The largest absolute Gasteiger partial charge is 0.480 e. The van der Waals surface area contributed by atoms with Crippen molar-refractivity contribution in [2.45, 2.75) is 51.1 Å². The van der Waals surface area contributed by atoms with Crippen LogP contribution in [0.25, 0.3) is 0 Å². The Balaban J connectivity index is 2.80. The highest BCUT2D eigenvalue weighted by Crippen LogP contribution is 2.29. The van der Waals surface area contributed by atoms with Crippen molar-refractivity contribution < 1.29 is 14.7 Å². The van der Waals surface area contributed by atoms with Gasteiger partial charge in [0.1, 0.15) is 5.54 Å². The van der Waals surface area contributed by atoms with Gasteiger partial charge in [-0.15, -0.1) is 0 Å². The maximum absolute atomic E-state index is 12.6. The second-order valence-electron chi connectivity index (χ2n) is 5.71. The number of aliphatic carboxylic acids is 1. The number of amides is 2. The van der Waals surface area contributed by atoms with Gasteiger partial charge < -0.3 is 14.9 Å². The maximum Gasteiger partial charge on any atom is 0.329 e. The van der Waals surface area contributed by atoms with E-state index in [0.29, 0.717) is 13.0 Å². The van der Waals surface area contributed by atoms with Crippen LogP contribution in [0.3, 0.4) is 0 Å². The number of rotatable bonds is 5. The van der Waals surface area contributed by atoms with Crippen LogP contribution >= 0.6 is 11.8 Å². The van der Waals surface area contributed by atoms with Crippen LogP contribution in [0.5, 0.6) is 0 Å². The topological polar surface area (TPSA) is 60.9 Å². The molecule has 6 heteroatoms. The zero-order chi connectivity index (χ0) is 15.3. The Labute approximate surface area is 125 Å². The van der Waals surface area contributed by atoms with Crippen molar-refractivity contribution in [1.82, 2.24) is 9.80 Å². The molecule has 0 aromatic rings. The van der Waals surface area contributed by atoms with Crippen molar-refractivity contribution in [1.29, 1.82) is 0 Å². The van der Waals surface area contributed by atoms with Crippen LogP contribution < -0.4 is 0 Å². The summed E-state index contributed by atoms with van der Waals surface area (Å²) < 4.78 is 0. The summed E-state index contributed by atoms with van der Waals surface area (Å²) in [5.74, 6) is 0.0883. The van der Waals surface area contributed by atoms with E-state index in [1.807, 2.05) is 13.2 Å². The van der Waals surface area contributed by atoms with Gasteiger partial charge in [-0.1, -0.05) is 0 Å². The number of hydrogen-bond donors (Lipinski definition) is 1. The number of piperidine rings is 1. The fraction of sp³-hybridized carbons (Fsp3) is 0.857. The van der Waals surface area contributed by atoms with Crippen LogP contribution in [0.15, 0.2) is 0 Å². The number of nitrogens with zero attached hydrogens (tertiary/aromatic N) is 2. The predicted octanol–water partition coefficient (Wildman–Crippen LogP) is 2.51. The van der Waals surface area contributed by atoms with Crippen molar-refractivity contribution in [3.05, 3.63) is 0 Å². The minimum atomic E-state index is -1.07. The second-order valence-corrected chi connectivity index (χ2v) is 6.70. The van der Waals surface area contributed by atoms with Gasteiger partial charge in [0, 0.05) is 19.6 Å². The zero-order valence-corrected chi connectivity index (χ0v) is 13.7. The quantitative estimate of drug-likeness (QED) is 0.847. The summed E-state index contributed by atoms with van der Waals surface area (Å²) in [7, 11) is 1.77. The summed E-state index contributed by atoms with van der Waals surface area (Å²) in [4.78, 5) is 27.4. The molecule has 0 aliphatic carbocycles. The molecule has 2 unspecified atom stereocenters. The second kappa shape index (κ2) is 7.20. The van der Waals surface area contributed by atoms with Crippen molar-refractivity contribution in [3.8, 4) is 0 Å². The molecule has 1 aliphatic rings. The number of hydrogen-bond acceptors (Lipinski definition) is 3. The first-order valence-electron chi connectivity index (χ1n) is 7.11. The highest BCUT2D eigenvalue weighted by molar-refractivity contribution is 7.98. The van der Waals surface area contributed by atoms with Crippen molar-refractivity contribution >= 4 is 23.8 Å². The van der Waals surface area contributed by atoms with Crippen LogP contribution in [-0.4, -0.2) is 64.1 Å². The molecule has 0 bridgehead atoms. The Bertz CT molecular complexity index is 364. The molecule has 116 valence electrons. The molecule has 1 N–H and O–H groups in total. The normalized spacial score (nSPS) is 24.3. The first kappa shape index (κ1) is 17.1. The molecule has 0 radical (unpaired) electrons. The van der Waals surface area contributed by atoms with Crippen LogP contribution in [0, 0.1) is 0 Å². The summed E-state index contributed by atoms with van der Waals surface area (Å²) >= 11 is 1.75. The number of thioether (sulfide) groups is 1. The summed E-state index contributed by atoms with van der Waals surface area (Å²) in [5.41, 5.74) is -1.07. The van der Waals surface area contributed by atoms with E-state index < -0.39 is 11.5 Å². The van der Waals surface area contributed by atoms with E-state index in [1.165, 1.54) is 4.90 Å². The molecular formula is C14H26N2O3S. The number of carboxylic acid groups (broad SMARTS) is 1. The molecule has 5 nitrogen and oxygen atoms in total. The first-order valence-corrected chi connectivity index (χ1v) is 8.50. The highest BCUT2D eigenvalue weighted by atomic mass is 32.2. The lowest BCUT2D eigenvalue weighted by Crippen LogP contribution is -2.61. The summed E-state index contributed by atoms with van der Waals surface area (Å²) in [6.45, 7) is 4.20. The monoisotopic (exact) mass is 302 g/mol. The van der Waals surface area contributed by atoms with E-state index >= 15 is 0 Å². The van der Waals surface area contributed by atoms with Gasteiger partial charge >= 0.3 is 12.0 Å². The zero-order valence-electron chi connectivity index (χ0n) is 12.9. The third-order valence-corrected chi connectivity index (χ3v) is 4.93. The van der Waals surface area contributed by atoms with Gasteiger partial charge in [0.15, 0.2) is 0 Å². The minimum absolute atomic E-state index is 0.120.